The quantitative estimate of drug-likeness (QED) is 0.280. The van der Waals surface area contributed by atoms with Crippen LogP contribution in [0.15, 0.2) is 71.6 Å². The summed E-state index contributed by atoms with van der Waals surface area (Å²) in [7, 11) is -2.77. The first-order valence-corrected chi connectivity index (χ1v) is 15.4. The van der Waals surface area contributed by atoms with Gasteiger partial charge >= 0.3 is 0 Å². The summed E-state index contributed by atoms with van der Waals surface area (Å²) in [5.74, 6) is -0.567. The Balaban J connectivity index is 2.13. The molecule has 10 heteroatoms. The second kappa shape index (κ2) is 14.4. The summed E-state index contributed by atoms with van der Waals surface area (Å²) in [6, 6.07) is 17.8. The topological polar surface area (TPSA) is 96.0 Å². The van der Waals surface area contributed by atoms with E-state index in [2.05, 4.69) is 5.32 Å². The van der Waals surface area contributed by atoms with Gasteiger partial charge in [0.2, 0.25) is 11.8 Å². The minimum absolute atomic E-state index is 0.0277. The van der Waals surface area contributed by atoms with Gasteiger partial charge in [0.1, 0.15) is 18.3 Å². The average molecular weight is 600 g/mol. The maximum Gasteiger partial charge on any atom is 0.264 e. The SMILES string of the molecule is CCCNC(=O)[C@H](CC)N(Cc1ccccc1Cl)C(=O)CN(c1cc(C)ccc1OC)S(=O)(=O)c1ccc(C)cc1. The fourth-order valence-corrected chi connectivity index (χ4v) is 6.05. The zero-order chi connectivity index (χ0) is 30.2. The van der Waals surface area contributed by atoms with Crippen LogP contribution in [-0.2, 0) is 26.2 Å². The van der Waals surface area contributed by atoms with Gasteiger partial charge in [0.15, 0.2) is 0 Å². The summed E-state index contributed by atoms with van der Waals surface area (Å²) in [5.41, 5.74) is 2.55. The normalized spacial score (nSPS) is 12.0. The fourth-order valence-electron chi connectivity index (χ4n) is 4.44. The Hall–Kier alpha value is -3.56. The molecule has 0 saturated heterocycles. The molecule has 0 unspecified atom stereocenters. The molecule has 0 fully saturated rings. The number of ether oxygens (including phenoxy) is 1. The highest BCUT2D eigenvalue weighted by atomic mass is 35.5. The molecule has 1 N–H and O–H groups in total. The molecule has 0 aromatic heterocycles. The second-order valence-electron chi connectivity index (χ2n) is 9.83. The molecule has 0 spiro atoms. The molecule has 0 bridgehead atoms. The van der Waals surface area contributed by atoms with E-state index in [4.69, 9.17) is 16.3 Å². The van der Waals surface area contributed by atoms with Crippen LogP contribution in [0.1, 0.15) is 43.4 Å². The van der Waals surface area contributed by atoms with Crippen molar-refractivity contribution >= 4 is 39.1 Å². The Morgan fingerprint density at radius 2 is 1.63 bits per heavy atom. The Morgan fingerprint density at radius 1 is 0.976 bits per heavy atom. The van der Waals surface area contributed by atoms with E-state index < -0.39 is 28.5 Å². The number of rotatable bonds is 13. The minimum atomic E-state index is -4.22. The summed E-state index contributed by atoms with van der Waals surface area (Å²) in [6.45, 7) is 7.37. The molecule has 0 aliphatic rings. The number of hydrogen-bond acceptors (Lipinski definition) is 5. The number of carbonyl (C=O) groups is 2. The van der Waals surface area contributed by atoms with Gasteiger partial charge in [0, 0.05) is 18.1 Å². The lowest BCUT2D eigenvalue weighted by atomic mass is 10.1. The number of methoxy groups -OCH3 is 1. The number of anilines is 1. The molecule has 0 radical (unpaired) electrons. The lowest BCUT2D eigenvalue weighted by Gasteiger charge is -2.33. The van der Waals surface area contributed by atoms with E-state index in [1.807, 2.05) is 27.7 Å². The third-order valence-corrected chi connectivity index (χ3v) is 8.87. The number of sulfonamides is 1. The number of carbonyl (C=O) groups excluding carboxylic acids is 2. The van der Waals surface area contributed by atoms with Crippen molar-refractivity contribution < 1.29 is 22.7 Å². The molecule has 0 heterocycles. The Morgan fingerprint density at radius 3 is 2.24 bits per heavy atom. The van der Waals surface area contributed by atoms with Gasteiger partial charge in [-0.1, -0.05) is 67.4 Å². The van der Waals surface area contributed by atoms with Crippen molar-refractivity contribution in [3.63, 3.8) is 0 Å². The Labute approximate surface area is 248 Å². The summed E-state index contributed by atoms with van der Waals surface area (Å²) in [5, 5.41) is 3.32. The highest BCUT2D eigenvalue weighted by Gasteiger charge is 2.35. The van der Waals surface area contributed by atoms with E-state index in [-0.39, 0.29) is 23.0 Å². The van der Waals surface area contributed by atoms with Crippen molar-refractivity contribution in [1.82, 2.24) is 10.2 Å². The first kappa shape index (κ1) is 32.0. The smallest absolute Gasteiger partial charge is 0.264 e. The average Bonchev–Trinajstić information content (AvgIpc) is 2.95. The number of benzene rings is 3. The standard InChI is InChI=1S/C31H38ClN3O5S/c1-6-18-33-31(37)27(7-2)34(20-24-10-8-9-11-26(24)32)30(36)21-35(28-19-23(4)14-17-29(28)40-5)41(38,39)25-15-12-22(3)13-16-25/h8-17,19,27H,6-7,18,20-21H2,1-5H3,(H,33,37)/t27-/m0/s1. The highest BCUT2D eigenvalue weighted by molar-refractivity contribution is 7.92. The van der Waals surface area contributed by atoms with Crippen LogP contribution in [0.2, 0.25) is 5.02 Å². The molecule has 0 aliphatic carbocycles. The molecule has 0 aliphatic heterocycles. The van der Waals surface area contributed by atoms with Crippen LogP contribution in [0.25, 0.3) is 0 Å². The molecule has 1 atom stereocenters. The third kappa shape index (κ3) is 7.80. The predicted octanol–water partition coefficient (Wildman–Crippen LogP) is 5.49. The third-order valence-electron chi connectivity index (χ3n) is 6.72. The van der Waals surface area contributed by atoms with E-state index in [9.17, 15) is 18.0 Å². The first-order valence-electron chi connectivity index (χ1n) is 13.6. The first-order chi connectivity index (χ1) is 19.5. The van der Waals surface area contributed by atoms with Gasteiger partial charge in [-0.05, 0) is 68.1 Å². The van der Waals surface area contributed by atoms with Crippen LogP contribution in [0.4, 0.5) is 5.69 Å². The van der Waals surface area contributed by atoms with Gasteiger partial charge in [0.05, 0.1) is 17.7 Å². The summed E-state index contributed by atoms with van der Waals surface area (Å²) in [4.78, 5) is 28.9. The molecular formula is C31H38ClN3O5S. The van der Waals surface area contributed by atoms with Crippen LogP contribution in [0.5, 0.6) is 5.75 Å². The molecule has 220 valence electrons. The largest absolute Gasteiger partial charge is 0.495 e. The van der Waals surface area contributed by atoms with Crippen LogP contribution >= 0.6 is 11.6 Å². The van der Waals surface area contributed by atoms with Crippen molar-refractivity contribution in [2.24, 2.45) is 0 Å². The van der Waals surface area contributed by atoms with E-state index in [1.54, 1.807) is 54.6 Å². The Kier molecular flexibility index (Phi) is 11.2. The van der Waals surface area contributed by atoms with Crippen molar-refractivity contribution in [3.8, 4) is 5.75 Å². The molecular weight excluding hydrogens is 562 g/mol. The second-order valence-corrected chi connectivity index (χ2v) is 12.1. The van der Waals surface area contributed by atoms with E-state index in [0.29, 0.717) is 29.3 Å². The van der Waals surface area contributed by atoms with Gasteiger partial charge < -0.3 is 15.0 Å². The highest BCUT2D eigenvalue weighted by Crippen LogP contribution is 2.34. The van der Waals surface area contributed by atoms with E-state index in [0.717, 1.165) is 21.9 Å². The molecule has 0 saturated carbocycles. The number of halogens is 1. The summed E-state index contributed by atoms with van der Waals surface area (Å²) >= 11 is 6.45. The number of nitrogens with one attached hydrogen (secondary N) is 1. The monoisotopic (exact) mass is 599 g/mol. The number of aryl methyl sites for hydroxylation is 2. The van der Waals surface area contributed by atoms with E-state index in [1.165, 1.54) is 24.1 Å². The maximum atomic E-state index is 14.2. The van der Waals surface area contributed by atoms with Crippen molar-refractivity contribution in [2.75, 3.05) is 24.5 Å². The van der Waals surface area contributed by atoms with Crippen molar-refractivity contribution in [1.29, 1.82) is 0 Å². The van der Waals surface area contributed by atoms with Crippen LogP contribution < -0.4 is 14.4 Å². The van der Waals surface area contributed by atoms with Gasteiger partial charge in [-0.3, -0.25) is 13.9 Å². The van der Waals surface area contributed by atoms with Crippen LogP contribution in [0, 0.1) is 13.8 Å². The van der Waals surface area contributed by atoms with Crippen molar-refractivity contribution in [2.45, 2.75) is 58.0 Å². The van der Waals surface area contributed by atoms with Gasteiger partial charge in [0.25, 0.3) is 10.0 Å². The number of nitrogens with zero attached hydrogens (tertiary/aromatic N) is 2. The molecule has 41 heavy (non-hydrogen) atoms. The summed E-state index contributed by atoms with van der Waals surface area (Å²) < 4.78 is 34.8. The summed E-state index contributed by atoms with van der Waals surface area (Å²) in [6.07, 6.45) is 1.06. The molecule has 3 aromatic rings. The minimum Gasteiger partial charge on any atom is -0.495 e. The zero-order valence-corrected chi connectivity index (χ0v) is 25.8. The van der Waals surface area contributed by atoms with Crippen molar-refractivity contribution in [3.05, 3.63) is 88.4 Å². The maximum absolute atomic E-state index is 14.2. The zero-order valence-electron chi connectivity index (χ0n) is 24.2. The van der Waals surface area contributed by atoms with Gasteiger partial charge in [-0.25, -0.2) is 8.42 Å². The fraction of sp³-hybridized carbons (Fsp3) is 0.355. The van der Waals surface area contributed by atoms with Crippen LogP contribution in [-0.4, -0.2) is 51.4 Å². The molecule has 2 amide bonds. The van der Waals surface area contributed by atoms with Crippen LogP contribution in [0.3, 0.4) is 0 Å². The van der Waals surface area contributed by atoms with Gasteiger partial charge in [-0.2, -0.15) is 0 Å². The van der Waals surface area contributed by atoms with Gasteiger partial charge in [-0.15, -0.1) is 0 Å². The predicted molar refractivity (Wildman–Crippen MR) is 163 cm³/mol. The number of amides is 2. The Bertz CT molecular complexity index is 1460. The molecule has 8 nitrogen and oxygen atoms in total. The molecule has 3 rings (SSSR count). The lowest BCUT2D eigenvalue weighted by Crippen LogP contribution is -2.52. The molecule has 3 aromatic carbocycles. The van der Waals surface area contributed by atoms with E-state index >= 15 is 0 Å². The number of hydrogen-bond donors (Lipinski definition) is 1. The lowest BCUT2D eigenvalue weighted by molar-refractivity contribution is -0.140.